The van der Waals surface area contributed by atoms with Gasteiger partial charge in [-0.1, -0.05) is 48.5 Å². The second kappa shape index (κ2) is 9.82. The Morgan fingerprint density at radius 3 is 2.35 bits per heavy atom. The predicted octanol–water partition coefficient (Wildman–Crippen LogP) is 4.42. The number of amides is 2. The zero-order valence-electron chi connectivity index (χ0n) is 18.7. The second-order valence-corrected chi connectivity index (χ2v) is 7.87. The monoisotopic (exact) mass is 463 g/mol. The van der Waals surface area contributed by atoms with Gasteiger partial charge in [0.05, 0.1) is 24.4 Å². The third kappa shape index (κ3) is 4.52. The molecule has 0 N–H and O–H groups in total. The van der Waals surface area contributed by atoms with E-state index in [0.29, 0.717) is 22.6 Å². The number of para-hydroxylation sites is 1. The molecule has 1 aliphatic heterocycles. The van der Waals surface area contributed by atoms with Gasteiger partial charge < -0.3 is 9.64 Å². The van der Waals surface area contributed by atoms with E-state index in [-0.39, 0.29) is 18.5 Å². The first-order valence-corrected chi connectivity index (χ1v) is 10.7. The lowest BCUT2D eigenvalue weighted by molar-refractivity contribution is -0.133. The Bertz CT molecular complexity index is 1260. The number of hydrogen-bond donors (Lipinski definition) is 0. The summed E-state index contributed by atoms with van der Waals surface area (Å²) in [4.78, 5) is 27.2. The molecule has 8 heteroatoms. The number of carbonyl (C=O) groups excluding carboxylic acids is 2. The number of benzene rings is 3. The molecular weight excluding hydrogens is 440 g/mol. The summed E-state index contributed by atoms with van der Waals surface area (Å²) in [6, 6.07) is 18.5. The molecule has 0 saturated heterocycles. The van der Waals surface area contributed by atoms with E-state index in [9.17, 15) is 18.4 Å². The highest BCUT2D eigenvalue weighted by Crippen LogP contribution is 2.37. The summed E-state index contributed by atoms with van der Waals surface area (Å²) < 4.78 is 34.0. The molecule has 0 aromatic heterocycles. The van der Waals surface area contributed by atoms with Crippen LogP contribution in [0.4, 0.5) is 8.78 Å². The van der Waals surface area contributed by atoms with Crippen molar-refractivity contribution >= 4 is 17.5 Å². The fourth-order valence-electron chi connectivity index (χ4n) is 3.97. The summed E-state index contributed by atoms with van der Waals surface area (Å²) in [7, 11) is 2.95. The number of rotatable bonds is 6. The largest absolute Gasteiger partial charge is 0.496 e. The van der Waals surface area contributed by atoms with Crippen molar-refractivity contribution in [3.63, 3.8) is 0 Å². The molecule has 0 fully saturated rings. The Morgan fingerprint density at radius 2 is 1.65 bits per heavy atom. The van der Waals surface area contributed by atoms with Crippen LogP contribution in [0.5, 0.6) is 5.75 Å². The first kappa shape index (κ1) is 23.1. The van der Waals surface area contributed by atoms with Gasteiger partial charge in [-0.15, -0.1) is 0 Å². The van der Waals surface area contributed by atoms with Crippen LogP contribution in [0, 0.1) is 11.6 Å². The summed E-state index contributed by atoms with van der Waals surface area (Å²) in [5, 5.41) is 5.70. The summed E-state index contributed by atoms with van der Waals surface area (Å²) in [5.41, 5.74) is 1.28. The van der Waals surface area contributed by atoms with Gasteiger partial charge in [-0.05, 0) is 24.3 Å². The third-order valence-corrected chi connectivity index (χ3v) is 5.67. The minimum absolute atomic E-state index is 0.129. The molecule has 1 aliphatic rings. The SMILES string of the molecule is COc1ccccc1[C@H]1CC(c2ccccc2F)=NN1C(=O)CN(C)C(=O)c1ccccc1F. The standard InChI is InChI=1S/C26H23F2N3O3/c1-30(26(33)18-10-4-7-13-21(18)28)16-25(32)31-23(19-11-5-8-14-24(19)34-2)15-22(29-31)17-9-3-6-12-20(17)27/h3-14,23H,15-16H2,1-2H3/t23-/m1/s1. The van der Waals surface area contributed by atoms with E-state index < -0.39 is 29.5 Å². The number of ether oxygens (including phenoxy) is 1. The maximum Gasteiger partial charge on any atom is 0.262 e. The van der Waals surface area contributed by atoms with E-state index in [1.165, 1.54) is 43.4 Å². The van der Waals surface area contributed by atoms with Gasteiger partial charge in [0.1, 0.15) is 23.9 Å². The minimum Gasteiger partial charge on any atom is -0.496 e. The molecule has 174 valence electrons. The number of halogens is 2. The van der Waals surface area contributed by atoms with Crippen LogP contribution in [-0.2, 0) is 4.79 Å². The van der Waals surface area contributed by atoms with Crippen molar-refractivity contribution in [1.29, 1.82) is 0 Å². The topological polar surface area (TPSA) is 62.2 Å². The fraction of sp³-hybridized carbons (Fsp3) is 0.192. The van der Waals surface area contributed by atoms with Crippen molar-refractivity contribution in [1.82, 2.24) is 9.91 Å². The van der Waals surface area contributed by atoms with Gasteiger partial charge in [-0.25, -0.2) is 13.8 Å². The lowest BCUT2D eigenvalue weighted by Gasteiger charge is -2.26. The predicted molar refractivity (Wildman–Crippen MR) is 123 cm³/mol. The van der Waals surface area contributed by atoms with Gasteiger partial charge in [-0.2, -0.15) is 5.10 Å². The highest BCUT2D eigenvalue weighted by molar-refractivity contribution is 6.04. The van der Waals surface area contributed by atoms with Crippen LogP contribution in [0.15, 0.2) is 77.9 Å². The normalized spacial score (nSPS) is 15.1. The van der Waals surface area contributed by atoms with Crippen LogP contribution >= 0.6 is 0 Å². The number of likely N-dealkylation sites (N-methyl/N-ethyl adjacent to an activating group) is 1. The summed E-state index contributed by atoms with van der Waals surface area (Å²) in [6.45, 7) is -0.340. The maximum atomic E-state index is 14.5. The van der Waals surface area contributed by atoms with Crippen molar-refractivity contribution in [3.8, 4) is 5.75 Å². The molecule has 0 spiro atoms. The highest BCUT2D eigenvalue weighted by atomic mass is 19.1. The van der Waals surface area contributed by atoms with Crippen molar-refractivity contribution in [2.75, 3.05) is 20.7 Å². The quantitative estimate of drug-likeness (QED) is 0.544. The van der Waals surface area contributed by atoms with E-state index >= 15 is 0 Å². The van der Waals surface area contributed by atoms with Gasteiger partial charge in [-0.3, -0.25) is 9.59 Å². The molecule has 6 nitrogen and oxygen atoms in total. The Hall–Kier alpha value is -4.07. The lowest BCUT2D eigenvalue weighted by atomic mass is 9.97. The highest BCUT2D eigenvalue weighted by Gasteiger charge is 2.36. The molecule has 3 aromatic rings. The van der Waals surface area contributed by atoms with Gasteiger partial charge in [0.15, 0.2) is 0 Å². The van der Waals surface area contributed by atoms with E-state index in [4.69, 9.17) is 4.74 Å². The number of nitrogens with zero attached hydrogens (tertiary/aromatic N) is 3. The molecule has 2 amide bonds. The number of hydrazone groups is 1. The molecule has 1 atom stereocenters. The Kier molecular flexibility index (Phi) is 6.67. The fourth-order valence-corrected chi connectivity index (χ4v) is 3.97. The molecule has 4 rings (SSSR count). The maximum absolute atomic E-state index is 14.5. The smallest absolute Gasteiger partial charge is 0.262 e. The lowest BCUT2D eigenvalue weighted by Crippen LogP contribution is -2.39. The van der Waals surface area contributed by atoms with Crippen LogP contribution in [0.2, 0.25) is 0 Å². The molecule has 0 bridgehead atoms. The van der Waals surface area contributed by atoms with Crippen molar-refractivity contribution in [3.05, 3.63) is 101 Å². The van der Waals surface area contributed by atoms with Gasteiger partial charge >= 0.3 is 0 Å². The Labute approximate surface area is 196 Å². The summed E-state index contributed by atoms with van der Waals surface area (Å²) in [5.74, 6) is -1.67. The molecule has 1 heterocycles. The van der Waals surface area contributed by atoms with E-state index in [1.54, 1.807) is 30.3 Å². The molecule has 0 unspecified atom stereocenters. The molecular formula is C26H23F2N3O3. The molecule has 34 heavy (non-hydrogen) atoms. The van der Waals surface area contributed by atoms with Crippen molar-refractivity contribution in [2.24, 2.45) is 5.10 Å². The third-order valence-electron chi connectivity index (χ3n) is 5.67. The zero-order chi connectivity index (χ0) is 24.2. The van der Waals surface area contributed by atoms with Crippen LogP contribution in [-0.4, -0.2) is 48.1 Å². The average Bonchev–Trinajstić information content (AvgIpc) is 3.29. The first-order chi connectivity index (χ1) is 16.4. The zero-order valence-corrected chi connectivity index (χ0v) is 18.7. The van der Waals surface area contributed by atoms with Gasteiger partial charge in [0.25, 0.3) is 11.8 Å². The number of methoxy groups -OCH3 is 1. The Balaban J connectivity index is 1.65. The molecule has 0 saturated carbocycles. The van der Waals surface area contributed by atoms with Crippen LogP contribution in [0.3, 0.4) is 0 Å². The average molecular weight is 463 g/mol. The van der Waals surface area contributed by atoms with Gasteiger partial charge in [0, 0.05) is 24.6 Å². The summed E-state index contributed by atoms with van der Waals surface area (Å²) >= 11 is 0. The number of hydrogen-bond acceptors (Lipinski definition) is 4. The van der Waals surface area contributed by atoms with E-state index in [2.05, 4.69) is 5.10 Å². The first-order valence-electron chi connectivity index (χ1n) is 10.7. The van der Waals surface area contributed by atoms with Gasteiger partial charge in [0.2, 0.25) is 0 Å². The molecule has 3 aromatic carbocycles. The van der Waals surface area contributed by atoms with Crippen LogP contribution in [0.1, 0.15) is 33.9 Å². The Morgan fingerprint density at radius 1 is 1.00 bits per heavy atom. The van der Waals surface area contributed by atoms with Crippen LogP contribution in [0.25, 0.3) is 0 Å². The van der Waals surface area contributed by atoms with E-state index in [0.717, 1.165) is 4.90 Å². The minimum atomic E-state index is -0.667. The van der Waals surface area contributed by atoms with E-state index in [1.807, 2.05) is 18.2 Å². The molecule has 0 radical (unpaired) electrons. The van der Waals surface area contributed by atoms with Crippen molar-refractivity contribution in [2.45, 2.75) is 12.5 Å². The van der Waals surface area contributed by atoms with Crippen LogP contribution < -0.4 is 4.74 Å². The van der Waals surface area contributed by atoms with Crippen molar-refractivity contribution < 1.29 is 23.1 Å². The molecule has 0 aliphatic carbocycles. The second-order valence-electron chi connectivity index (χ2n) is 7.87. The number of carbonyl (C=O) groups is 2. The summed E-state index contributed by atoms with van der Waals surface area (Å²) in [6.07, 6.45) is 0.262.